The van der Waals surface area contributed by atoms with Gasteiger partial charge in [0.25, 0.3) is 0 Å². The first-order valence-electron chi connectivity index (χ1n) is 6.29. The number of nitrogens with one attached hydrogen (secondary N) is 1. The third-order valence-corrected chi connectivity index (χ3v) is 3.62. The first-order chi connectivity index (χ1) is 9.95. The standard InChI is InChI=1S/C15H14ClF3N2/c1-8-5-6-11(17)13(14(8)18)12(21-20)7-9-3-2-4-10(16)15(9)19/h2-6,12,21H,7,20H2,1H3. The predicted molar refractivity (Wildman–Crippen MR) is 76.3 cm³/mol. The van der Waals surface area contributed by atoms with Crippen molar-refractivity contribution in [2.24, 2.45) is 5.84 Å². The first kappa shape index (κ1) is 15.8. The van der Waals surface area contributed by atoms with Gasteiger partial charge in [-0.25, -0.2) is 13.2 Å². The van der Waals surface area contributed by atoms with E-state index >= 15 is 0 Å². The molecular weight excluding hydrogens is 301 g/mol. The molecule has 3 N–H and O–H groups in total. The van der Waals surface area contributed by atoms with Crippen LogP contribution in [0.5, 0.6) is 0 Å². The molecule has 0 aliphatic carbocycles. The minimum atomic E-state index is -0.905. The maximum Gasteiger partial charge on any atom is 0.145 e. The van der Waals surface area contributed by atoms with Crippen molar-refractivity contribution in [1.29, 1.82) is 0 Å². The fourth-order valence-corrected chi connectivity index (χ4v) is 2.36. The Labute approximate surface area is 125 Å². The van der Waals surface area contributed by atoms with Crippen LogP contribution in [0.15, 0.2) is 30.3 Å². The van der Waals surface area contributed by atoms with Crippen LogP contribution in [-0.2, 0) is 6.42 Å². The second kappa shape index (κ2) is 6.47. The first-order valence-corrected chi connectivity index (χ1v) is 6.67. The van der Waals surface area contributed by atoms with Crippen LogP contribution < -0.4 is 11.3 Å². The molecule has 2 nitrogen and oxygen atoms in total. The largest absolute Gasteiger partial charge is 0.271 e. The van der Waals surface area contributed by atoms with Crippen LogP contribution in [0.4, 0.5) is 13.2 Å². The van der Waals surface area contributed by atoms with Crippen LogP contribution in [0, 0.1) is 24.4 Å². The highest BCUT2D eigenvalue weighted by Gasteiger charge is 2.22. The molecule has 0 saturated carbocycles. The molecule has 21 heavy (non-hydrogen) atoms. The van der Waals surface area contributed by atoms with Crippen molar-refractivity contribution < 1.29 is 13.2 Å². The van der Waals surface area contributed by atoms with Crippen molar-refractivity contribution in [1.82, 2.24) is 5.43 Å². The lowest BCUT2D eigenvalue weighted by Gasteiger charge is -2.19. The SMILES string of the molecule is Cc1ccc(F)c(C(Cc2cccc(Cl)c2F)NN)c1F. The molecule has 0 fully saturated rings. The smallest absolute Gasteiger partial charge is 0.145 e. The lowest BCUT2D eigenvalue weighted by atomic mass is 9.96. The number of hydrogen-bond acceptors (Lipinski definition) is 2. The quantitative estimate of drug-likeness (QED) is 0.665. The fourth-order valence-electron chi connectivity index (χ4n) is 2.17. The van der Waals surface area contributed by atoms with E-state index in [1.165, 1.54) is 25.1 Å². The minimum Gasteiger partial charge on any atom is -0.271 e. The summed E-state index contributed by atoms with van der Waals surface area (Å²) in [5.74, 6) is 3.35. The molecule has 2 rings (SSSR count). The number of nitrogens with two attached hydrogens (primary N) is 1. The summed E-state index contributed by atoms with van der Waals surface area (Å²) < 4.78 is 41.9. The Balaban J connectivity index is 2.42. The summed E-state index contributed by atoms with van der Waals surface area (Å²) in [6.07, 6.45) is -0.0276. The van der Waals surface area contributed by atoms with Crippen LogP contribution in [0.1, 0.15) is 22.7 Å². The molecule has 0 aromatic heterocycles. The van der Waals surface area contributed by atoms with E-state index in [9.17, 15) is 13.2 Å². The van der Waals surface area contributed by atoms with Crippen LogP contribution in [0.3, 0.4) is 0 Å². The highest BCUT2D eigenvalue weighted by molar-refractivity contribution is 6.30. The molecule has 1 unspecified atom stereocenters. The predicted octanol–water partition coefficient (Wildman–Crippen LogP) is 3.81. The lowest BCUT2D eigenvalue weighted by Crippen LogP contribution is -2.31. The van der Waals surface area contributed by atoms with Crippen molar-refractivity contribution in [2.75, 3.05) is 0 Å². The summed E-state index contributed by atoms with van der Waals surface area (Å²) in [5, 5.41) is -0.0477. The molecule has 0 saturated heterocycles. The van der Waals surface area contributed by atoms with Gasteiger partial charge in [0, 0.05) is 5.56 Å². The van der Waals surface area contributed by atoms with E-state index < -0.39 is 23.5 Å². The number of hydrogen-bond donors (Lipinski definition) is 2. The molecule has 112 valence electrons. The van der Waals surface area contributed by atoms with E-state index in [2.05, 4.69) is 5.43 Å². The number of halogens is 4. The van der Waals surface area contributed by atoms with Crippen molar-refractivity contribution in [2.45, 2.75) is 19.4 Å². The molecule has 0 radical (unpaired) electrons. The zero-order chi connectivity index (χ0) is 15.6. The third kappa shape index (κ3) is 3.20. The van der Waals surface area contributed by atoms with Gasteiger partial charge >= 0.3 is 0 Å². The topological polar surface area (TPSA) is 38.0 Å². The number of aryl methyl sites for hydroxylation is 1. The van der Waals surface area contributed by atoms with Crippen LogP contribution in [0.2, 0.25) is 5.02 Å². The Morgan fingerprint density at radius 1 is 1.14 bits per heavy atom. The molecule has 1 atom stereocenters. The Hall–Kier alpha value is -1.56. The maximum absolute atomic E-state index is 14.1. The second-order valence-electron chi connectivity index (χ2n) is 4.73. The van der Waals surface area contributed by atoms with Gasteiger partial charge in [-0.1, -0.05) is 29.8 Å². The second-order valence-corrected chi connectivity index (χ2v) is 5.14. The Kier molecular flexibility index (Phi) is 4.88. The van der Waals surface area contributed by atoms with Gasteiger partial charge in [0.2, 0.25) is 0 Å². The minimum absolute atomic E-state index is 0.0276. The zero-order valence-electron chi connectivity index (χ0n) is 11.3. The zero-order valence-corrected chi connectivity index (χ0v) is 12.0. The summed E-state index contributed by atoms with van der Waals surface area (Å²) in [5.41, 5.74) is 2.64. The third-order valence-electron chi connectivity index (χ3n) is 3.32. The van der Waals surface area contributed by atoms with E-state index in [0.29, 0.717) is 5.56 Å². The molecule has 2 aromatic carbocycles. The summed E-state index contributed by atoms with van der Waals surface area (Å²) >= 11 is 5.70. The monoisotopic (exact) mass is 314 g/mol. The van der Waals surface area contributed by atoms with Gasteiger partial charge in [0.15, 0.2) is 0 Å². The Morgan fingerprint density at radius 2 is 1.86 bits per heavy atom. The van der Waals surface area contributed by atoms with Crippen LogP contribution in [0.25, 0.3) is 0 Å². The molecule has 2 aromatic rings. The van der Waals surface area contributed by atoms with E-state index in [-0.39, 0.29) is 22.6 Å². The van der Waals surface area contributed by atoms with Gasteiger partial charge < -0.3 is 0 Å². The maximum atomic E-state index is 14.1. The number of hydrazine groups is 1. The summed E-state index contributed by atoms with van der Waals surface area (Å²) in [6.45, 7) is 1.52. The van der Waals surface area contributed by atoms with E-state index in [0.717, 1.165) is 6.07 Å². The number of benzene rings is 2. The van der Waals surface area contributed by atoms with Crippen molar-refractivity contribution in [3.8, 4) is 0 Å². The van der Waals surface area contributed by atoms with E-state index in [1.807, 2.05) is 0 Å². The average molecular weight is 315 g/mol. The molecule has 0 bridgehead atoms. The van der Waals surface area contributed by atoms with Crippen LogP contribution in [-0.4, -0.2) is 0 Å². The van der Waals surface area contributed by atoms with Gasteiger partial charge in [0.05, 0.1) is 11.1 Å². The Morgan fingerprint density at radius 3 is 2.52 bits per heavy atom. The van der Waals surface area contributed by atoms with Crippen molar-refractivity contribution in [3.05, 3.63) is 69.5 Å². The normalized spacial score (nSPS) is 12.5. The lowest BCUT2D eigenvalue weighted by molar-refractivity contribution is 0.463. The van der Waals surface area contributed by atoms with E-state index in [1.54, 1.807) is 6.07 Å². The summed E-state index contributed by atoms with van der Waals surface area (Å²) in [4.78, 5) is 0. The molecule has 0 aliphatic heterocycles. The fraction of sp³-hybridized carbons (Fsp3) is 0.200. The molecule has 0 spiro atoms. The van der Waals surface area contributed by atoms with E-state index in [4.69, 9.17) is 17.4 Å². The highest BCUT2D eigenvalue weighted by Crippen LogP contribution is 2.28. The van der Waals surface area contributed by atoms with Gasteiger partial charge in [-0.15, -0.1) is 0 Å². The molecule has 0 aliphatic rings. The van der Waals surface area contributed by atoms with Gasteiger partial charge in [-0.3, -0.25) is 11.3 Å². The summed E-state index contributed by atoms with van der Waals surface area (Å²) in [6, 6.07) is 6.06. The highest BCUT2D eigenvalue weighted by atomic mass is 35.5. The van der Waals surface area contributed by atoms with Crippen molar-refractivity contribution in [3.63, 3.8) is 0 Å². The molecular formula is C15H14ClF3N2. The van der Waals surface area contributed by atoms with Crippen LogP contribution >= 0.6 is 11.6 Å². The molecule has 0 heterocycles. The number of rotatable bonds is 4. The van der Waals surface area contributed by atoms with Crippen molar-refractivity contribution >= 4 is 11.6 Å². The molecule has 0 amide bonds. The van der Waals surface area contributed by atoms with Gasteiger partial charge in [0.1, 0.15) is 17.5 Å². The Bertz CT molecular complexity index is 662. The molecule has 6 heteroatoms. The average Bonchev–Trinajstić information content (AvgIpc) is 2.46. The van der Waals surface area contributed by atoms with Gasteiger partial charge in [-0.05, 0) is 36.6 Å². The summed E-state index contributed by atoms with van der Waals surface area (Å²) in [7, 11) is 0. The van der Waals surface area contributed by atoms with Gasteiger partial charge in [-0.2, -0.15) is 0 Å².